The van der Waals surface area contributed by atoms with Crippen molar-refractivity contribution in [2.75, 3.05) is 26.7 Å². The van der Waals surface area contributed by atoms with Gasteiger partial charge in [-0.2, -0.15) is 0 Å². The molecular formula is C13H21BrN2O2. The van der Waals surface area contributed by atoms with Crippen molar-refractivity contribution in [3.63, 3.8) is 0 Å². The summed E-state index contributed by atoms with van der Waals surface area (Å²) in [5.41, 5.74) is 1.13. The number of nitrogens with one attached hydrogen (secondary N) is 2. The predicted octanol–water partition coefficient (Wildman–Crippen LogP) is 1.52. The Kier molecular flexibility index (Phi) is 7.27. The predicted molar refractivity (Wildman–Crippen MR) is 77.0 cm³/mol. The number of rotatable bonds is 8. The maximum Gasteiger partial charge on any atom is 0.123 e. The minimum atomic E-state index is -0.296. The molecule has 18 heavy (non-hydrogen) atoms. The molecule has 0 aliphatic heterocycles. The lowest BCUT2D eigenvalue weighted by Crippen LogP contribution is -2.31. The van der Waals surface area contributed by atoms with Crippen molar-refractivity contribution >= 4 is 15.9 Å². The van der Waals surface area contributed by atoms with E-state index < -0.39 is 0 Å². The minimum absolute atomic E-state index is 0.296. The largest absolute Gasteiger partial charge is 0.496 e. The summed E-state index contributed by atoms with van der Waals surface area (Å²) in [6, 6.07) is 5.97. The van der Waals surface area contributed by atoms with E-state index in [0.717, 1.165) is 35.4 Å². The Bertz CT molecular complexity index is 359. The fraction of sp³-hybridized carbons (Fsp3) is 0.538. The van der Waals surface area contributed by atoms with E-state index in [4.69, 9.17) is 9.84 Å². The summed E-state index contributed by atoms with van der Waals surface area (Å²) >= 11 is 3.45. The minimum Gasteiger partial charge on any atom is -0.496 e. The topological polar surface area (TPSA) is 53.5 Å². The summed E-state index contributed by atoms with van der Waals surface area (Å²) < 4.78 is 6.35. The van der Waals surface area contributed by atoms with Crippen LogP contribution in [0.25, 0.3) is 0 Å². The highest BCUT2D eigenvalue weighted by molar-refractivity contribution is 9.10. The maximum absolute atomic E-state index is 9.08. The smallest absolute Gasteiger partial charge is 0.123 e. The summed E-state index contributed by atoms with van der Waals surface area (Å²) in [7, 11) is 1.68. The normalized spacial score (nSPS) is 12.4. The van der Waals surface area contributed by atoms with Crippen LogP contribution in [0.15, 0.2) is 22.7 Å². The summed E-state index contributed by atoms with van der Waals surface area (Å²) in [4.78, 5) is 0. The molecule has 1 unspecified atom stereocenters. The third-order valence-corrected chi connectivity index (χ3v) is 2.97. The van der Waals surface area contributed by atoms with Gasteiger partial charge in [0.25, 0.3) is 0 Å². The van der Waals surface area contributed by atoms with E-state index in [9.17, 15) is 0 Å². The molecule has 0 fully saturated rings. The first-order valence-corrected chi connectivity index (χ1v) is 6.84. The molecule has 5 heteroatoms. The Morgan fingerprint density at radius 2 is 2.06 bits per heavy atom. The van der Waals surface area contributed by atoms with Crippen molar-refractivity contribution in [2.45, 2.75) is 19.6 Å². The summed E-state index contributed by atoms with van der Waals surface area (Å²) in [5.74, 6) is 0.891. The number of methoxy groups -OCH3 is 1. The first-order valence-electron chi connectivity index (χ1n) is 6.05. The van der Waals surface area contributed by atoms with Gasteiger partial charge < -0.3 is 20.5 Å². The summed E-state index contributed by atoms with van der Waals surface area (Å²) in [6.45, 7) is 4.84. The van der Waals surface area contributed by atoms with Crippen LogP contribution in [-0.2, 0) is 6.54 Å². The van der Waals surface area contributed by atoms with Crippen molar-refractivity contribution in [1.29, 1.82) is 0 Å². The molecule has 0 saturated heterocycles. The van der Waals surface area contributed by atoms with Gasteiger partial charge in [0.2, 0.25) is 0 Å². The average Bonchev–Trinajstić information content (AvgIpc) is 2.33. The summed E-state index contributed by atoms with van der Waals surface area (Å²) in [5, 5.41) is 15.6. The van der Waals surface area contributed by atoms with Crippen molar-refractivity contribution in [2.24, 2.45) is 0 Å². The first kappa shape index (κ1) is 15.4. The zero-order valence-corrected chi connectivity index (χ0v) is 12.5. The molecule has 1 rings (SSSR count). The number of benzene rings is 1. The lowest BCUT2D eigenvalue weighted by Gasteiger charge is -2.11. The molecule has 0 heterocycles. The van der Waals surface area contributed by atoms with Crippen LogP contribution in [0.2, 0.25) is 0 Å². The average molecular weight is 317 g/mol. The van der Waals surface area contributed by atoms with Crippen LogP contribution in [0.4, 0.5) is 0 Å². The Morgan fingerprint density at radius 3 is 2.72 bits per heavy atom. The van der Waals surface area contributed by atoms with Crippen LogP contribution in [0.1, 0.15) is 12.5 Å². The van der Waals surface area contributed by atoms with E-state index in [2.05, 4.69) is 32.6 Å². The molecule has 1 aromatic carbocycles. The van der Waals surface area contributed by atoms with E-state index in [1.807, 2.05) is 12.1 Å². The van der Waals surface area contributed by atoms with Gasteiger partial charge in [0.1, 0.15) is 5.75 Å². The van der Waals surface area contributed by atoms with Gasteiger partial charge in [-0.25, -0.2) is 0 Å². The van der Waals surface area contributed by atoms with Crippen molar-refractivity contribution in [3.05, 3.63) is 28.2 Å². The highest BCUT2D eigenvalue weighted by Crippen LogP contribution is 2.22. The van der Waals surface area contributed by atoms with E-state index >= 15 is 0 Å². The van der Waals surface area contributed by atoms with Crippen LogP contribution >= 0.6 is 15.9 Å². The highest BCUT2D eigenvalue weighted by atomic mass is 79.9. The van der Waals surface area contributed by atoms with Gasteiger partial charge in [-0.15, -0.1) is 0 Å². The molecule has 0 radical (unpaired) electrons. The van der Waals surface area contributed by atoms with E-state index in [1.165, 1.54) is 0 Å². The Labute approximate surface area is 117 Å². The fourth-order valence-electron chi connectivity index (χ4n) is 1.60. The Balaban J connectivity index is 2.28. The zero-order chi connectivity index (χ0) is 13.4. The molecule has 102 valence electrons. The van der Waals surface area contributed by atoms with E-state index in [1.54, 1.807) is 14.0 Å². The number of hydrogen-bond acceptors (Lipinski definition) is 4. The van der Waals surface area contributed by atoms with Crippen LogP contribution in [0.5, 0.6) is 5.75 Å². The molecule has 0 aliphatic rings. The molecule has 0 spiro atoms. The molecule has 1 aromatic rings. The molecule has 0 saturated carbocycles. The van der Waals surface area contributed by atoms with Crippen molar-refractivity contribution < 1.29 is 9.84 Å². The van der Waals surface area contributed by atoms with Crippen LogP contribution in [0.3, 0.4) is 0 Å². The second kappa shape index (κ2) is 8.48. The zero-order valence-electron chi connectivity index (χ0n) is 10.9. The lowest BCUT2D eigenvalue weighted by atomic mass is 10.2. The second-order valence-corrected chi connectivity index (χ2v) is 5.10. The maximum atomic E-state index is 9.08. The molecular weight excluding hydrogens is 296 g/mol. The van der Waals surface area contributed by atoms with Gasteiger partial charge in [-0.3, -0.25) is 0 Å². The number of halogens is 1. The van der Waals surface area contributed by atoms with Crippen molar-refractivity contribution in [1.82, 2.24) is 10.6 Å². The SMILES string of the molecule is COc1ccc(Br)cc1CNCCNCC(C)O. The molecule has 0 bridgehead atoms. The van der Waals surface area contributed by atoms with Crippen molar-refractivity contribution in [3.8, 4) is 5.75 Å². The van der Waals surface area contributed by atoms with E-state index in [0.29, 0.717) is 6.54 Å². The number of hydrogen-bond donors (Lipinski definition) is 3. The monoisotopic (exact) mass is 316 g/mol. The van der Waals surface area contributed by atoms with Gasteiger partial charge in [-0.05, 0) is 25.1 Å². The van der Waals surface area contributed by atoms with Gasteiger partial charge in [0, 0.05) is 36.2 Å². The standard InChI is InChI=1S/C13H21BrN2O2/c1-10(17)8-15-5-6-16-9-11-7-12(14)3-4-13(11)18-2/h3-4,7,10,15-17H,5-6,8-9H2,1-2H3. The third-order valence-electron chi connectivity index (χ3n) is 2.48. The molecule has 4 nitrogen and oxygen atoms in total. The number of aliphatic hydroxyl groups is 1. The highest BCUT2D eigenvalue weighted by Gasteiger charge is 2.03. The lowest BCUT2D eigenvalue weighted by molar-refractivity contribution is 0.191. The molecule has 0 amide bonds. The Morgan fingerprint density at radius 1 is 1.33 bits per heavy atom. The molecule has 1 atom stereocenters. The molecule has 0 aromatic heterocycles. The van der Waals surface area contributed by atoms with Gasteiger partial charge >= 0.3 is 0 Å². The van der Waals surface area contributed by atoms with Crippen LogP contribution < -0.4 is 15.4 Å². The summed E-state index contributed by atoms with van der Waals surface area (Å²) in [6.07, 6.45) is -0.296. The van der Waals surface area contributed by atoms with E-state index in [-0.39, 0.29) is 6.10 Å². The first-order chi connectivity index (χ1) is 8.63. The third kappa shape index (κ3) is 5.82. The number of ether oxygens (including phenoxy) is 1. The van der Waals surface area contributed by atoms with Crippen LogP contribution in [-0.4, -0.2) is 38.0 Å². The molecule has 3 N–H and O–H groups in total. The number of aliphatic hydroxyl groups excluding tert-OH is 1. The van der Waals surface area contributed by atoms with Gasteiger partial charge in [0.15, 0.2) is 0 Å². The second-order valence-electron chi connectivity index (χ2n) is 4.19. The Hall–Kier alpha value is -0.620. The molecule has 0 aliphatic carbocycles. The fourth-order valence-corrected chi connectivity index (χ4v) is 2.00. The van der Waals surface area contributed by atoms with Crippen LogP contribution in [0, 0.1) is 0 Å². The quantitative estimate of drug-likeness (QED) is 0.636. The van der Waals surface area contributed by atoms with Gasteiger partial charge in [0.05, 0.1) is 13.2 Å². The van der Waals surface area contributed by atoms with Gasteiger partial charge in [-0.1, -0.05) is 15.9 Å².